The first-order valence-corrected chi connectivity index (χ1v) is 13.3. The average Bonchev–Trinajstić information content (AvgIpc) is 3.57. The Bertz CT molecular complexity index is 1600. The number of halogens is 1. The molecule has 4 aromatic rings. The Morgan fingerprint density at radius 2 is 1.92 bits per heavy atom. The lowest BCUT2D eigenvalue weighted by Crippen LogP contribution is -2.07. The SMILES string of the molecule is Cc1cn(C)c(-c2cc(C)c(-c3ccc(F)c4c3CC[C@H]4Oc3ccc4c(c3)OCC4CC(=O)O)c(C)c2)n1. The van der Waals surface area contributed by atoms with Crippen molar-refractivity contribution in [1.82, 2.24) is 9.55 Å². The van der Waals surface area contributed by atoms with Crippen LogP contribution in [-0.4, -0.2) is 27.2 Å². The van der Waals surface area contributed by atoms with Crippen LogP contribution in [0.4, 0.5) is 4.39 Å². The lowest BCUT2D eigenvalue weighted by atomic mass is 9.89. The van der Waals surface area contributed by atoms with Gasteiger partial charge in [-0.25, -0.2) is 9.37 Å². The second kappa shape index (κ2) is 9.56. The summed E-state index contributed by atoms with van der Waals surface area (Å²) in [6, 6.07) is 13.2. The molecule has 2 heterocycles. The number of aryl methyl sites for hydroxylation is 4. The van der Waals surface area contributed by atoms with Gasteiger partial charge in [0, 0.05) is 41.9 Å². The normalized spacial score (nSPS) is 17.6. The number of benzene rings is 3. The number of aromatic nitrogens is 2. The number of carboxylic acid groups (broad SMARTS) is 1. The van der Waals surface area contributed by atoms with Crippen molar-refractivity contribution in [3.63, 3.8) is 0 Å². The number of nitrogens with zero attached hydrogens (tertiary/aromatic N) is 2. The van der Waals surface area contributed by atoms with Crippen LogP contribution in [0.25, 0.3) is 22.5 Å². The second-order valence-electron chi connectivity index (χ2n) is 10.7. The van der Waals surface area contributed by atoms with Gasteiger partial charge in [0.05, 0.1) is 18.7 Å². The van der Waals surface area contributed by atoms with E-state index in [0.717, 1.165) is 50.5 Å². The van der Waals surface area contributed by atoms with E-state index in [1.54, 1.807) is 12.1 Å². The first-order chi connectivity index (χ1) is 18.7. The van der Waals surface area contributed by atoms with Gasteiger partial charge in [0.2, 0.25) is 0 Å². The van der Waals surface area contributed by atoms with Crippen molar-refractivity contribution in [2.75, 3.05) is 6.61 Å². The van der Waals surface area contributed by atoms with Crippen LogP contribution in [0, 0.1) is 26.6 Å². The van der Waals surface area contributed by atoms with Crippen LogP contribution in [-0.2, 0) is 18.3 Å². The van der Waals surface area contributed by atoms with Gasteiger partial charge in [-0.3, -0.25) is 4.79 Å². The Labute approximate surface area is 227 Å². The molecular formula is C32H31FN2O4. The number of carboxylic acids is 1. The third kappa shape index (κ3) is 4.46. The van der Waals surface area contributed by atoms with Crippen LogP contribution in [0.3, 0.4) is 0 Å². The van der Waals surface area contributed by atoms with Gasteiger partial charge < -0.3 is 19.1 Å². The summed E-state index contributed by atoms with van der Waals surface area (Å²) in [6.45, 7) is 6.53. The van der Waals surface area contributed by atoms with Crippen molar-refractivity contribution in [3.8, 4) is 34.0 Å². The Balaban J connectivity index is 1.32. The molecule has 7 heteroatoms. The van der Waals surface area contributed by atoms with Crippen LogP contribution in [0.1, 0.15) is 58.4 Å². The third-order valence-corrected chi connectivity index (χ3v) is 7.90. The van der Waals surface area contributed by atoms with Crippen LogP contribution in [0.5, 0.6) is 11.5 Å². The molecule has 1 unspecified atom stereocenters. The Morgan fingerprint density at radius 1 is 1.15 bits per heavy atom. The number of rotatable bonds is 6. The monoisotopic (exact) mass is 526 g/mol. The highest BCUT2D eigenvalue weighted by molar-refractivity contribution is 5.78. The number of carbonyl (C=O) groups is 1. The zero-order chi connectivity index (χ0) is 27.4. The van der Waals surface area contributed by atoms with Gasteiger partial charge in [-0.1, -0.05) is 12.1 Å². The van der Waals surface area contributed by atoms with Crippen LogP contribution in [0.15, 0.2) is 48.7 Å². The molecule has 0 bridgehead atoms. The first kappa shape index (κ1) is 25.2. The number of imidazole rings is 1. The summed E-state index contributed by atoms with van der Waals surface area (Å²) in [6.07, 6.45) is 3.02. The molecule has 39 heavy (non-hydrogen) atoms. The molecule has 1 N–H and O–H groups in total. The van der Waals surface area contributed by atoms with Gasteiger partial charge >= 0.3 is 5.97 Å². The number of ether oxygens (including phenoxy) is 2. The second-order valence-corrected chi connectivity index (χ2v) is 10.7. The van der Waals surface area contributed by atoms with Crippen LogP contribution < -0.4 is 9.47 Å². The van der Waals surface area contributed by atoms with Crippen LogP contribution in [0.2, 0.25) is 0 Å². The molecular weight excluding hydrogens is 495 g/mol. The topological polar surface area (TPSA) is 73.6 Å². The summed E-state index contributed by atoms with van der Waals surface area (Å²) in [7, 11) is 2.00. The molecule has 2 aliphatic rings. The molecule has 0 radical (unpaired) electrons. The predicted molar refractivity (Wildman–Crippen MR) is 147 cm³/mol. The van der Waals surface area contributed by atoms with Gasteiger partial charge in [0.15, 0.2) is 0 Å². The molecule has 200 valence electrons. The molecule has 1 aliphatic heterocycles. The minimum absolute atomic E-state index is 0.0261. The maximum absolute atomic E-state index is 15.3. The fourth-order valence-electron chi connectivity index (χ4n) is 6.30. The molecule has 6 nitrogen and oxygen atoms in total. The lowest BCUT2D eigenvalue weighted by Gasteiger charge is -2.19. The fourth-order valence-corrected chi connectivity index (χ4v) is 6.30. The molecule has 3 aromatic carbocycles. The zero-order valence-electron chi connectivity index (χ0n) is 22.5. The van der Waals surface area contributed by atoms with Crippen LogP contribution >= 0.6 is 0 Å². The summed E-state index contributed by atoms with van der Waals surface area (Å²) >= 11 is 0. The summed E-state index contributed by atoms with van der Waals surface area (Å²) in [5.41, 5.74) is 8.93. The van der Waals surface area contributed by atoms with Crippen molar-refractivity contribution in [1.29, 1.82) is 0 Å². The highest BCUT2D eigenvalue weighted by atomic mass is 19.1. The number of aliphatic carboxylic acids is 1. The molecule has 0 amide bonds. The Hall–Kier alpha value is -4.13. The van der Waals surface area contributed by atoms with E-state index >= 15 is 4.39 Å². The maximum atomic E-state index is 15.3. The van der Waals surface area contributed by atoms with E-state index in [1.807, 2.05) is 42.9 Å². The summed E-state index contributed by atoms with van der Waals surface area (Å²) in [5, 5.41) is 9.16. The van der Waals surface area contributed by atoms with E-state index in [-0.39, 0.29) is 18.2 Å². The number of hydrogen-bond donors (Lipinski definition) is 1. The van der Waals surface area contributed by atoms with Gasteiger partial charge in [0.25, 0.3) is 0 Å². The number of fused-ring (bicyclic) bond motifs is 2. The highest BCUT2D eigenvalue weighted by Crippen LogP contribution is 2.45. The first-order valence-electron chi connectivity index (χ1n) is 13.3. The van der Waals surface area contributed by atoms with Crippen molar-refractivity contribution < 1.29 is 23.8 Å². The fraction of sp³-hybridized carbons (Fsp3) is 0.312. The number of hydrogen-bond acceptors (Lipinski definition) is 4. The van der Waals surface area contributed by atoms with E-state index < -0.39 is 12.1 Å². The minimum Gasteiger partial charge on any atom is -0.492 e. The van der Waals surface area contributed by atoms with Crippen molar-refractivity contribution in [3.05, 3.63) is 88.0 Å². The van der Waals surface area contributed by atoms with Gasteiger partial charge in [-0.15, -0.1) is 0 Å². The summed E-state index contributed by atoms with van der Waals surface area (Å²) < 4.78 is 29.4. The van der Waals surface area contributed by atoms with Crippen molar-refractivity contribution in [2.24, 2.45) is 7.05 Å². The molecule has 1 aliphatic carbocycles. The summed E-state index contributed by atoms with van der Waals surface area (Å²) in [5.74, 6) is 0.881. The average molecular weight is 527 g/mol. The Morgan fingerprint density at radius 3 is 2.62 bits per heavy atom. The largest absolute Gasteiger partial charge is 0.492 e. The molecule has 0 fully saturated rings. The molecule has 0 saturated heterocycles. The van der Waals surface area contributed by atoms with E-state index in [4.69, 9.17) is 14.6 Å². The molecule has 0 saturated carbocycles. The quantitative estimate of drug-likeness (QED) is 0.298. The minimum atomic E-state index is -0.850. The van der Waals surface area contributed by atoms with Gasteiger partial charge in [-0.2, -0.15) is 0 Å². The lowest BCUT2D eigenvalue weighted by molar-refractivity contribution is -0.137. The molecule has 6 rings (SSSR count). The summed E-state index contributed by atoms with van der Waals surface area (Å²) in [4.78, 5) is 15.8. The highest BCUT2D eigenvalue weighted by Gasteiger charge is 2.32. The molecule has 1 aromatic heterocycles. The third-order valence-electron chi connectivity index (χ3n) is 7.90. The Kier molecular flexibility index (Phi) is 6.17. The molecule has 0 spiro atoms. The smallest absolute Gasteiger partial charge is 0.304 e. The van der Waals surface area contributed by atoms with Crippen molar-refractivity contribution in [2.45, 2.75) is 52.1 Å². The van der Waals surface area contributed by atoms with Crippen molar-refractivity contribution >= 4 is 5.97 Å². The van der Waals surface area contributed by atoms with E-state index in [1.165, 1.54) is 0 Å². The zero-order valence-corrected chi connectivity index (χ0v) is 22.5. The van der Waals surface area contributed by atoms with E-state index in [2.05, 4.69) is 31.0 Å². The van der Waals surface area contributed by atoms with E-state index in [9.17, 15) is 4.79 Å². The van der Waals surface area contributed by atoms with E-state index in [0.29, 0.717) is 36.5 Å². The predicted octanol–water partition coefficient (Wildman–Crippen LogP) is 6.84. The van der Waals surface area contributed by atoms with Gasteiger partial charge in [0.1, 0.15) is 29.2 Å². The standard InChI is InChI=1S/C32H31FN2O4/c1-17-11-20(32-34-19(3)15-35(32)4)12-18(2)30(17)24-7-9-26(33)31-25(24)8-10-27(31)39-22-5-6-23-21(13-29(36)37)16-38-28(23)14-22/h5-7,9,11-12,14-15,21,27H,8,10,13,16H2,1-4H3,(H,36,37)/t21?,27-/m1/s1. The molecule has 2 atom stereocenters. The maximum Gasteiger partial charge on any atom is 0.304 e. The van der Waals surface area contributed by atoms with Gasteiger partial charge in [-0.05, 0) is 85.7 Å².